The second-order valence-electron chi connectivity index (χ2n) is 9.02. The van der Waals surface area contributed by atoms with Crippen molar-refractivity contribution in [2.24, 2.45) is 0 Å². The number of hydrogen-bond acceptors (Lipinski definition) is 5. The second kappa shape index (κ2) is 8.02. The molecule has 7 nitrogen and oxygen atoms in total. The Kier molecular flexibility index (Phi) is 5.23. The molecule has 4 heterocycles. The highest BCUT2D eigenvalue weighted by Crippen LogP contribution is 2.35. The summed E-state index contributed by atoms with van der Waals surface area (Å²) in [6.07, 6.45) is 7.02. The van der Waals surface area contributed by atoms with Gasteiger partial charge in [-0.1, -0.05) is 12.5 Å². The molecule has 1 aromatic carbocycles. The van der Waals surface area contributed by atoms with Gasteiger partial charge in [0, 0.05) is 48.9 Å². The van der Waals surface area contributed by atoms with Crippen LogP contribution >= 0.6 is 0 Å². The van der Waals surface area contributed by atoms with Gasteiger partial charge in [0.1, 0.15) is 6.04 Å². The molecular weight excluding hydrogens is 380 g/mol. The van der Waals surface area contributed by atoms with Crippen LogP contribution in [0.15, 0.2) is 18.2 Å². The first-order chi connectivity index (χ1) is 14.6. The number of carbonyl (C=O) groups excluding carboxylic acids is 3. The van der Waals surface area contributed by atoms with Crippen molar-refractivity contribution in [2.45, 2.75) is 63.6 Å². The Hall–Kier alpha value is -2.41. The normalized spacial score (nSPS) is 26.1. The predicted molar refractivity (Wildman–Crippen MR) is 113 cm³/mol. The molecule has 0 aromatic heterocycles. The van der Waals surface area contributed by atoms with E-state index in [1.165, 1.54) is 32.4 Å². The standard InChI is InChI=1S/C23H30N4O3/c28-21-8-7-20(22(29)24-21)27-15-18-17(23(27)30)5-4-6-19(18)26-13-9-16(10-14-26)25-11-2-1-3-12-25/h4-6,16,20H,1-3,7-15H2,(H,24,28,29). The molecule has 0 spiro atoms. The first-order valence-electron chi connectivity index (χ1n) is 11.4. The molecule has 3 amide bonds. The number of fused-ring (bicyclic) bond motifs is 1. The molecule has 3 fully saturated rings. The highest BCUT2D eigenvalue weighted by atomic mass is 16.2. The van der Waals surface area contributed by atoms with Gasteiger partial charge in [-0.15, -0.1) is 0 Å². The van der Waals surface area contributed by atoms with Crippen LogP contribution in [-0.4, -0.2) is 65.8 Å². The van der Waals surface area contributed by atoms with Crippen LogP contribution in [0.3, 0.4) is 0 Å². The SMILES string of the molecule is O=C1CCC(N2Cc3c(cccc3N3CCC(N4CCCCC4)CC3)C2=O)C(=O)N1. The Labute approximate surface area is 177 Å². The van der Waals surface area contributed by atoms with E-state index >= 15 is 0 Å². The minimum absolute atomic E-state index is 0.0930. The molecule has 5 rings (SSSR count). The third-order valence-electron chi connectivity index (χ3n) is 7.27. The number of nitrogens with zero attached hydrogens (tertiary/aromatic N) is 3. The quantitative estimate of drug-likeness (QED) is 0.771. The third kappa shape index (κ3) is 3.49. The van der Waals surface area contributed by atoms with Crippen LogP contribution in [0.1, 0.15) is 60.9 Å². The van der Waals surface area contributed by atoms with E-state index in [1.54, 1.807) is 4.90 Å². The first-order valence-corrected chi connectivity index (χ1v) is 11.4. The summed E-state index contributed by atoms with van der Waals surface area (Å²) in [6, 6.07) is 6.06. The van der Waals surface area contributed by atoms with Gasteiger partial charge < -0.3 is 14.7 Å². The van der Waals surface area contributed by atoms with Crippen molar-refractivity contribution in [3.8, 4) is 0 Å². The molecule has 0 radical (unpaired) electrons. The van der Waals surface area contributed by atoms with Gasteiger partial charge in [-0.3, -0.25) is 19.7 Å². The van der Waals surface area contributed by atoms with Crippen molar-refractivity contribution in [3.63, 3.8) is 0 Å². The van der Waals surface area contributed by atoms with Crippen molar-refractivity contribution in [2.75, 3.05) is 31.1 Å². The number of rotatable bonds is 3. The van der Waals surface area contributed by atoms with Crippen molar-refractivity contribution in [3.05, 3.63) is 29.3 Å². The Balaban J connectivity index is 1.30. The van der Waals surface area contributed by atoms with Crippen LogP contribution in [0.4, 0.5) is 5.69 Å². The molecule has 4 aliphatic rings. The molecule has 1 aromatic rings. The second-order valence-corrected chi connectivity index (χ2v) is 9.02. The molecule has 3 saturated heterocycles. The number of imide groups is 1. The van der Waals surface area contributed by atoms with Crippen LogP contribution in [0.2, 0.25) is 0 Å². The predicted octanol–water partition coefficient (Wildman–Crippen LogP) is 1.90. The van der Waals surface area contributed by atoms with Crippen LogP contribution < -0.4 is 10.2 Å². The van der Waals surface area contributed by atoms with Gasteiger partial charge in [0.05, 0.1) is 0 Å². The zero-order valence-corrected chi connectivity index (χ0v) is 17.4. The lowest BCUT2D eigenvalue weighted by molar-refractivity contribution is -0.136. The van der Waals surface area contributed by atoms with Gasteiger partial charge in [0.2, 0.25) is 11.8 Å². The van der Waals surface area contributed by atoms with Gasteiger partial charge in [0.25, 0.3) is 5.91 Å². The summed E-state index contributed by atoms with van der Waals surface area (Å²) in [4.78, 5) is 43.6. The van der Waals surface area contributed by atoms with E-state index < -0.39 is 6.04 Å². The molecule has 30 heavy (non-hydrogen) atoms. The summed E-state index contributed by atoms with van der Waals surface area (Å²) >= 11 is 0. The average molecular weight is 411 g/mol. The summed E-state index contributed by atoms with van der Waals surface area (Å²) < 4.78 is 0. The minimum Gasteiger partial charge on any atom is -0.371 e. The van der Waals surface area contributed by atoms with E-state index in [1.807, 2.05) is 12.1 Å². The number of anilines is 1. The van der Waals surface area contributed by atoms with Crippen LogP contribution in [0.25, 0.3) is 0 Å². The molecule has 0 aliphatic carbocycles. The zero-order chi connectivity index (χ0) is 20.7. The topological polar surface area (TPSA) is 73.0 Å². The zero-order valence-electron chi connectivity index (χ0n) is 17.4. The van der Waals surface area contributed by atoms with Gasteiger partial charge in [-0.2, -0.15) is 0 Å². The maximum absolute atomic E-state index is 13.1. The highest BCUT2D eigenvalue weighted by molar-refractivity contribution is 6.06. The van der Waals surface area contributed by atoms with Crippen LogP contribution in [0, 0.1) is 0 Å². The van der Waals surface area contributed by atoms with Gasteiger partial charge >= 0.3 is 0 Å². The summed E-state index contributed by atoms with van der Waals surface area (Å²) in [5.41, 5.74) is 2.87. The molecule has 0 saturated carbocycles. The lowest BCUT2D eigenvalue weighted by Crippen LogP contribution is -2.52. The van der Waals surface area contributed by atoms with Crippen molar-refractivity contribution < 1.29 is 14.4 Å². The molecule has 1 atom stereocenters. The van der Waals surface area contributed by atoms with E-state index in [-0.39, 0.29) is 24.1 Å². The third-order valence-corrected chi connectivity index (χ3v) is 7.27. The van der Waals surface area contributed by atoms with E-state index in [0.717, 1.165) is 37.2 Å². The summed E-state index contributed by atoms with van der Waals surface area (Å²) in [5.74, 6) is -0.696. The number of nitrogens with one attached hydrogen (secondary N) is 1. The first kappa shape index (κ1) is 19.5. The smallest absolute Gasteiger partial charge is 0.255 e. The van der Waals surface area contributed by atoms with Gasteiger partial charge in [-0.25, -0.2) is 0 Å². The van der Waals surface area contributed by atoms with Crippen LogP contribution in [0.5, 0.6) is 0 Å². The average Bonchev–Trinajstić information content (AvgIpc) is 3.11. The number of likely N-dealkylation sites (tertiary alicyclic amines) is 1. The Bertz CT molecular complexity index is 856. The molecule has 160 valence electrons. The molecule has 0 bridgehead atoms. The fraction of sp³-hybridized carbons (Fsp3) is 0.609. The maximum atomic E-state index is 13.1. The lowest BCUT2D eigenvalue weighted by Gasteiger charge is -2.41. The number of carbonyl (C=O) groups is 3. The van der Waals surface area contributed by atoms with Crippen molar-refractivity contribution in [1.29, 1.82) is 0 Å². The highest BCUT2D eigenvalue weighted by Gasteiger charge is 2.40. The lowest BCUT2D eigenvalue weighted by atomic mass is 9.98. The van der Waals surface area contributed by atoms with Crippen LogP contribution in [-0.2, 0) is 16.1 Å². The largest absolute Gasteiger partial charge is 0.371 e. The molecule has 1 N–H and O–H groups in total. The van der Waals surface area contributed by atoms with Crippen molar-refractivity contribution >= 4 is 23.4 Å². The Morgan fingerprint density at radius 3 is 2.40 bits per heavy atom. The summed E-state index contributed by atoms with van der Waals surface area (Å²) in [7, 11) is 0. The number of piperidine rings is 3. The Morgan fingerprint density at radius 1 is 0.900 bits per heavy atom. The maximum Gasteiger partial charge on any atom is 0.255 e. The summed E-state index contributed by atoms with van der Waals surface area (Å²) in [5, 5.41) is 2.38. The molecule has 1 unspecified atom stereocenters. The van der Waals surface area contributed by atoms with Crippen molar-refractivity contribution in [1.82, 2.24) is 15.1 Å². The van der Waals surface area contributed by atoms with E-state index in [2.05, 4.69) is 21.2 Å². The monoisotopic (exact) mass is 410 g/mol. The van der Waals surface area contributed by atoms with E-state index in [0.29, 0.717) is 24.6 Å². The fourth-order valence-corrected chi connectivity index (χ4v) is 5.62. The van der Waals surface area contributed by atoms with E-state index in [9.17, 15) is 14.4 Å². The van der Waals surface area contributed by atoms with Gasteiger partial charge in [-0.05, 0) is 57.3 Å². The molecule has 7 heteroatoms. The summed E-state index contributed by atoms with van der Waals surface area (Å²) in [6.45, 7) is 4.93. The van der Waals surface area contributed by atoms with Gasteiger partial charge in [0.15, 0.2) is 0 Å². The minimum atomic E-state index is -0.555. The van der Waals surface area contributed by atoms with E-state index in [4.69, 9.17) is 0 Å². The number of benzene rings is 1. The number of hydrogen-bond donors (Lipinski definition) is 1. The fourth-order valence-electron chi connectivity index (χ4n) is 5.62. The molecule has 4 aliphatic heterocycles. The molecular formula is C23H30N4O3. The number of amides is 3. The Morgan fingerprint density at radius 2 is 1.67 bits per heavy atom.